The van der Waals surface area contributed by atoms with E-state index in [-0.39, 0.29) is 10.6 Å². The summed E-state index contributed by atoms with van der Waals surface area (Å²) in [7, 11) is 3.30. The van der Waals surface area contributed by atoms with Crippen LogP contribution in [0.15, 0.2) is 42.6 Å². The van der Waals surface area contributed by atoms with Gasteiger partial charge in [-0.2, -0.15) is 0 Å². The molecule has 142 valence electrons. The number of rotatable bonds is 8. The van der Waals surface area contributed by atoms with Gasteiger partial charge >= 0.3 is 0 Å². The second-order valence-corrected chi connectivity index (χ2v) is 6.57. The number of hydrogen-bond donors (Lipinski definition) is 0. The Bertz CT molecular complexity index is 831. The molecule has 3 rings (SSSR count). The Morgan fingerprint density at radius 3 is 2.44 bits per heavy atom. The number of nitro benzene ring substituents is 1. The molecule has 0 saturated carbocycles. The lowest BCUT2D eigenvalue weighted by Crippen LogP contribution is -2.21. The van der Waals surface area contributed by atoms with Crippen LogP contribution in [0.1, 0.15) is 29.5 Å². The summed E-state index contributed by atoms with van der Waals surface area (Å²) in [5.74, 6) is 1.50. The number of nitro groups is 1. The Balaban J connectivity index is 1.50. The minimum Gasteiger partial charge on any atom is -0.493 e. The van der Waals surface area contributed by atoms with E-state index in [2.05, 4.69) is 17.2 Å². The third-order valence-electron chi connectivity index (χ3n) is 4.79. The second kappa shape index (κ2) is 8.58. The molecule has 0 aliphatic carbocycles. The van der Waals surface area contributed by atoms with Gasteiger partial charge in [-0.05, 0) is 60.4 Å². The van der Waals surface area contributed by atoms with Crippen molar-refractivity contribution in [2.75, 3.05) is 20.8 Å². The number of aryl methyl sites for hydroxylation is 1. The topological polar surface area (TPSA) is 64.8 Å². The Morgan fingerprint density at radius 1 is 1.07 bits per heavy atom. The van der Waals surface area contributed by atoms with E-state index in [4.69, 9.17) is 9.47 Å². The molecule has 6 nitrogen and oxygen atoms in total. The van der Waals surface area contributed by atoms with Gasteiger partial charge in [0, 0.05) is 25.2 Å². The molecule has 0 aromatic heterocycles. The average Bonchev–Trinajstić information content (AvgIpc) is 2.70. The molecule has 2 aromatic carbocycles. The minimum atomic E-state index is -0.366. The van der Waals surface area contributed by atoms with Gasteiger partial charge in [-0.1, -0.05) is 12.1 Å². The standard InChI is InChI=1S/C21H24N2O4/c1-26-20-13-17-10-12-22(15-18(17)14-21(20)27-2)11-4-3-5-16-6-8-19(9-7-16)23(24)25/h6-10,12-14H,3-5,11,15H2,1-2H3. The van der Waals surface area contributed by atoms with Gasteiger partial charge in [-0.15, -0.1) is 0 Å². The first-order valence-electron chi connectivity index (χ1n) is 9.01. The Hall–Kier alpha value is -3.02. The van der Waals surface area contributed by atoms with Crippen LogP contribution in [0.4, 0.5) is 5.69 Å². The van der Waals surface area contributed by atoms with E-state index in [9.17, 15) is 10.1 Å². The SMILES string of the molecule is COc1cc2c(cc1OC)CN(CCCCc1ccc([N+](=O)[O-])cc1)C=C2. The molecule has 2 aromatic rings. The molecule has 0 fully saturated rings. The predicted octanol–water partition coefficient (Wildman–Crippen LogP) is 4.42. The Labute approximate surface area is 159 Å². The molecule has 0 bridgehead atoms. The van der Waals surface area contributed by atoms with E-state index in [0.717, 1.165) is 55.0 Å². The van der Waals surface area contributed by atoms with Crippen LogP contribution in [0.5, 0.6) is 11.5 Å². The van der Waals surface area contributed by atoms with Crippen molar-refractivity contribution in [1.82, 2.24) is 4.90 Å². The first-order chi connectivity index (χ1) is 13.1. The molecule has 1 aliphatic heterocycles. The highest BCUT2D eigenvalue weighted by Gasteiger charge is 2.15. The zero-order valence-corrected chi connectivity index (χ0v) is 15.7. The lowest BCUT2D eigenvalue weighted by atomic mass is 10.0. The summed E-state index contributed by atoms with van der Waals surface area (Å²) in [6, 6.07) is 10.9. The van der Waals surface area contributed by atoms with Crippen LogP contribution in [0.25, 0.3) is 6.08 Å². The minimum absolute atomic E-state index is 0.142. The van der Waals surface area contributed by atoms with Crippen LogP contribution in [-0.2, 0) is 13.0 Å². The highest BCUT2D eigenvalue weighted by Crippen LogP contribution is 2.33. The number of methoxy groups -OCH3 is 2. The normalized spacial score (nSPS) is 12.6. The Kier molecular flexibility index (Phi) is 5.96. The van der Waals surface area contributed by atoms with E-state index in [1.54, 1.807) is 26.4 Å². The molecule has 27 heavy (non-hydrogen) atoms. The molecule has 1 aliphatic rings. The summed E-state index contributed by atoms with van der Waals surface area (Å²) < 4.78 is 10.8. The van der Waals surface area contributed by atoms with Crippen molar-refractivity contribution in [3.63, 3.8) is 0 Å². The first-order valence-corrected chi connectivity index (χ1v) is 9.01. The van der Waals surface area contributed by atoms with Crippen molar-refractivity contribution in [3.05, 3.63) is 69.4 Å². The fourth-order valence-corrected chi connectivity index (χ4v) is 3.27. The second-order valence-electron chi connectivity index (χ2n) is 6.57. The van der Waals surface area contributed by atoms with E-state index in [0.29, 0.717) is 0 Å². The third kappa shape index (κ3) is 4.58. The molecule has 0 unspecified atom stereocenters. The Morgan fingerprint density at radius 2 is 1.78 bits per heavy atom. The van der Waals surface area contributed by atoms with E-state index >= 15 is 0 Å². The fourth-order valence-electron chi connectivity index (χ4n) is 3.27. The van der Waals surface area contributed by atoms with Gasteiger partial charge in [0.1, 0.15) is 0 Å². The third-order valence-corrected chi connectivity index (χ3v) is 4.79. The summed E-state index contributed by atoms with van der Waals surface area (Å²) >= 11 is 0. The van der Waals surface area contributed by atoms with Crippen LogP contribution >= 0.6 is 0 Å². The molecule has 6 heteroatoms. The van der Waals surface area contributed by atoms with Crippen LogP contribution in [0.3, 0.4) is 0 Å². The van der Waals surface area contributed by atoms with Crippen LogP contribution in [0, 0.1) is 10.1 Å². The molecular formula is C21H24N2O4. The summed E-state index contributed by atoms with van der Waals surface area (Å²) in [5, 5.41) is 10.7. The molecular weight excluding hydrogens is 344 g/mol. The summed E-state index contributed by atoms with van der Waals surface area (Å²) in [6.07, 6.45) is 7.26. The van der Waals surface area contributed by atoms with E-state index in [1.807, 2.05) is 24.3 Å². The van der Waals surface area contributed by atoms with Gasteiger partial charge in [-0.3, -0.25) is 10.1 Å². The number of fused-ring (bicyclic) bond motifs is 1. The number of non-ortho nitro benzene ring substituents is 1. The monoisotopic (exact) mass is 368 g/mol. The first kappa shape index (κ1) is 18.8. The van der Waals surface area contributed by atoms with Gasteiger partial charge in [0.25, 0.3) is 5.69 Å². The average molecular weight is 368 g/mol. The van der Waals surface area contributed by atoms with Crippen molar-refractivity contribution in [1.29, 1.82) is 0 Å². The fraction of sp³-hybridized carbons (Fsp3) is 0.333. The van der Waals surface area contributed by atoms with Crippen molar-refractivity contribution in [2.24, 2.45) is 0 Å². The lowest BCUT2D eigenvalue weighted by molar-refractivity contribution is -0.384. The van der Waals surface area contributed by atoms with Crippen LogP contribution in [-0.4, -0.2) is 30.6 Å². The van der Waals surface area contributed by atoms with Crippen molar-refractivity contribution < 1.29 is 14.4 Å². The molecule has 0 radical (unpaired) electrons. The molecule has 0 spiro atoms. The van der Waals surface area contributed by atoms with Gasteiger partial charge < -0.3 is 14.4 Å². The highest BCUT2D eigenvalue weighted by atomic mass is 16.6. The molecule has 1 heterocycles. The van der Waals surface area contributed by atoms with Gasteiger partial charge in [-0.25, -0.2) is 0 Å². The van der Waals surface area contributed by atoms with E-state index < -0.39 is 0 Å². The maximum Gasteiger partial charge on any atom is 0.269 e. The quantitative estimate of drug-likeness (QED) is 0.392. The van der Waals surface area contributed by atoms with Crippen molar-refractivity contribution in [3.8, 4) is 11.5 Å². The largest absolute Gasteiger partial charge is 0.493 e. The lowest BCUT2D eigenvalue weighted by Gasteiger charge is -2.26. The van der Waals surface area contributed by atoms with Crippen LogP contribution < -0.4 is 9.47 Å². The number of nitrogens with zero attached hydrogens (tertiary/aromatic N) is 2. The number of ether oxygens (including phenoxy) is 2. The number of hydrogen-bond acceptors (Lipinski definition) is 5. The predicted molar refractivity (Wildman–Crippen MR) is 105 cm³/mol. The van der Waals surface area contributed by atoms with Crippen molar-refractivity contribution in [2.45, 2.75) is 25.8 Å². The van der Waals surface area contributed by atoms with Gasteiger partial charge in [0.05, 0.1) is 19.1 Å². The highest BCUT2D eigenvalue weighted by molar-refractivity contribution is 5.61. The summed E-state index contributed by atoms with van der Waals surface area (Å²) in [4.78, 5) is 12.6. The number of unbranched alkanes of at least 4 members (excludes halogenated alkanes) is 1. The number of benzene rings is 2. The van der Waals surface area contributed by atoms with Gasteiger partial charge in [0.2, 0.25) is 0 Å². The maximum absolute atomic E-state index is 10.7. The zero-order chi connectivity index (χ0) is 19.2. The maximum atomic E-state index is 10.7. The van der Waals surface area contributed by atoms with Crippen molar-refractivity contribution >= 4 is 11.8 Å². The molecule has 0 atom stereocenters. The van der Waals surface area contributed by atoms with Crippen LogP contribution in [0.2, 0.25) is 0 Å². The summed E-state index contributed by atoms with van der Waals surface area (Å²) in [6.45, 7) is 1.82. The molecule has 0 saturated heterocycles. The molecule has 0 amide bonds. The van der Waals surface area contributed by atoms with E-state index in [1.165, 1.54) is 5.56 Å². The smallest absolute Gasteiger partial charge is 0.269 e. The summed E-state index contributed by atoms with van der Waals surface area (Å²) in [5.41, 5.74) is 3.67. The zero-order valence-electron chi connectivity index (χ0n) is 15.7. The van der Waals surface area contributed by atoms with Gasteiger partial charge in [0.15, 0.2) is 11.5 Å². The molecule has 0 N–H and O–H groups in total.